The smallest absolute Gasteiger partial charge is 0.314 e. The van der Waals surface area contributed by atoms with Crippen LogP contribution in [-0.4, -0.2) is 21.8 Å². The van der Waals surface area contributed by atoms with Crippen molar-refractivity contribution in [2.24, 2.45) is 0 Å². The van der Waals surface area contributed by atoms with E-state index in [9.17, 15) is 15.0 Å². The van der Waals surface area contributed by atoms with Crippen LogP contribution in [0.15, 0.2) is 42.0 Å². The highest BCUT2D eigenvalue weighted by atomic mass is 16.4. The molecule has 0 radical (unpaired) electrons. The molecule has 1 aromatic carbocycles. The fraction of sp³-hybridized carbons (Fsp3) is 0.438. The van der Waals surface area contributed by atoms with E-state index in [1.165, 1.54) is 0 Å². The molecule has 3 nitrogen and oxygen atoms in total. The van der Waals surface area contributed by atoms with E-state index in [1.54, 1.807) is 31.2 Å². The summed E-state index contributed by atoms with van der Waals surface area (Å²) in [7, 11) is 0. The maximum atomic E-state index is 11.6. The van der Waals surface area contributed by atoms with E-state index in [-0.39, 0.29) is 0 Å². The van der Waals surface area contributed by atoms with E-state index >= 15 is 0 Å². The summed E-state index contributed by atoms with van der Waals surface area (Å²) < 4.78 is 0. The lowest BCUT2D eigenvalue weighted by Crippen LogP contribution is -2.40. The average molecular weight is 260 g/mol. The number of hydrogen-bond acceptors (Lipinski definition) is 2. The lowest BCUT2D eigenvalue weighted by atomic mass is 9.75. The maximum absolute atomic E-state index is 11.6. The zero-order valence-corrected chi connectivity index (χ0v) is 11.2. The first-order valence-electron chi connectivity index (χ1n) is 6.73. The van der Waals surface area contributed by atoms with Crippen LogP contribution in [0, 0.1) is 0 Å². The molecule has 0 heterocycles. The second-order valence-corrected chi connectivity index (χ2v) is 5.30. The summed E-state index contributed by atoms with van der Waals surface area (Å²) in [6, 6.07) is 8.97. The molecule has 102 valence electrons. The first-order valence-corrected chi connectivity index (χ1v) is 6.73. The highest BCUT2D eigenvalue weighted by Gasteiger charge is 2.41. The monoisotopic (exact) mass is 260 g/mol. The van der Waals surface area contributed by atoms with Gasteiger partial charge >= 0.3 is 5.97 Å². The van der Waals surface area contributed by atoms with Gasteiger partial charge in [-0.15, -0.1) is 0 Å². The zero-order valence-electron chi connectivity index (χ0n) is 11.2. The second-order valence-electron chi connectivity index (χ2n) is 5.30. The quantitative estimate of drug-likeness (QED) is 0.818. The molecule has 0 unspecified atom stereocenters. The van der Waals surface area contributed by atoms with E-state index in [4.69, 9.17) is 0 Å². The highest BCUT2D eigenvalue weighted by molar-refractivity contribution is 5.78. The molecule has 2 atom stereocenters. The molecule has 1 aromatic rings. The number of hydrogen-bond donors (Lipinski definition) is 2. The highest BCUT2D eigenvalue weighted by Crippen LogP contribution is 2.38. The first-order chi connectivity index (χ1) is 9.03. The number of carboxylic acids is 1. The minimum Gasteiger partial charge on any atom is -0.481 e. The van der Waals surface area contributed by atoms with Crippen molar-refractivity contribution >= 4 is 5.97 Å². The van der Waals surface area contributed by atoms with Gasteiger partial charge < -0.3 is 10.2 Å². The SMILES string of the molecule is C[C@](O)(C1=CCCCC1)[C@@H](C(=O)O)c1ccccc1. The fourth-order valence-electron chi connectivity index (χ4n) is 2.84. The van der Waals surface area contributed by atoms with Gasteiger partial charge in [0.05, 0.1) is 0 Å². The van der Waals surface area contributed by atoms with Crippen molar-refractivity contribution in [2.45, 2.75) is 44.1 Å². The lowest BCUT2D eigenvalue weighted by Gasteiger charge is -2.34. The van der Waals surface area contributed by atoms with Gasteiger partial charge in [0.1, 0.15) is 11.5 Å². The standard InChI is InChI=1S/C16H20O3/c1-16(19,13-10-6-3-7-11-13)14(15(17)18)12-8-4-2-5-9-12/h2,4-5,8-10,14,19H,3,6-7,11H2,1H3,(H,17,18)/t14-,16+/m1/s1. The third kappa shape index (κ3) is 2.87. The van der Waals surface area contributed by atoms with E-state index in [0.717, 1.165) is 31.3 Å². The number of allylic oxidation sites excluding steroid dienone is 1. The van der Waals surface area contributed by atoms with Crippen molar-refractivity contribution in [3.05, 3.63) is 47.5 Å². The summed E-state index contributed by atoms with van der Waals surface area (Å²) in [5.74, 6) is -1.90. The molecular weight excluding hydrogens is 240 g/mol. The molecular formula is C16H20O3. The second kappa shape index (κ2) is 5.57. The third-order valence-corrected chi connectivity index (χ3v) is 3.88. The summed E-state index contributed by atoms with van der Waals surface area (Å²) in [5, 5.41) is 20.3. The van der Waals surface area contributed by atoms with E-state index in [2.05, 4.69) is 0 Å². The van der Waals surface area contributed by atoms with Crippen LogP contribution in [-0.2, 0) is 4.79 Å². The Kier molecular flexibility index (Phi) is 4.05. The van der Waals surface area contributed by atoms with Crippen molar-refractivity contribution in [1.82, 2.24) is 0 Å². The largest absolute Gasteiger partial charge is 0.481 e. The van der Waals surface area contributed by atoms with E-state index < -0.39 is 17.5 Å². The predicted molar refractivity (Wildman–Crippen MR) is 74.0 cm³/mol. The molecule has 0 saturated carbocycles. The van der Waals surface area contributed by atoms with Gasteiger partial charge in [-0.3, -0.25) is 4.79 Å². The third-order valence-electron chi connectivity index (χ3n) is 3.88. The summed E-state index contributed by atoms with van der Waals surface area (Å²) in [6.07, 6.45) is 5.84. The molecule has 0 spiro atoms. The van der Waals surface area contributed by atoms with Gasteiger partial charge in [0.15, 0.2) is 0 Å². The molecule has 0 aromatic heterocycles. The molecule has 0 saturated heterocycles. The molecule has 1 aliphatic rings. The fourth-order valence-corrected chi connectivity index (χ4v) is 2.84. The Morgan fingerprint density at radius 3 is 2.47 bits per heavy atom. The van der Waals surface area contributed by atoms with Crippen LogP contribution in [0.25, 0.3) is 0 Å². The minimum absolute atomic E-state index is 0.645. The normalized spacial score (nSPS) is 20.2. The number of aliphatic hydroxyl groups is 1. The summed E-state index contributed by atoms with van der Waals surface area (Å²) >= 11 is 0. The van der Waals surface area contributed by atoms with Gasteiger partial charge in [-0.2, -0.15) is 0 Å². The molecule has 0 aliphatic heterocycles. The van der Waals surface area contributed by atoms with Crippen LogP contribution in [0.2, 0.25) is 0 Å². The Morgan fingerprint density at radius 1 is 1.26 bits per heavy atom. The van der Waals surface area contributed by atoms with Gasteiger partial charge in [-0.05, 0) is 43.7 Å². The topological polar surface area (TPSA) is 57.5 Å². The molecule has 3 heteroatoms. The average Bonchev–Trinajstić information content (AvgIpc) is 2.40. The Labute approximate surface area is 113 Å². The maximum Gasteiger partial charge on any atom is 0.314 e. The first kappa shape index (κ1) is 13.8. The van der Waals surface area contributed by atoms with Crippen LogP contribution in [0.1, 0.15) is 44.1 Å². The van der Waals surface area contributed by atoms with Gasteiger partial charge in [0.2, 0.25) is 0 Å². The van der Waals surface area contributed by atoms with Gasteiger partial charge in [0.25, 0.3) is 0 Å². The molecule has 0 amide bonds. The van der Waals surface area contributed by atoms with Gasteiger partial charge in [0, 0.05) is 0 Å². The van der Waals surface area contributed by atoms with Crippen molar-refractivity contribution in [3.63, 3.8) is 0 Å². The van der Waals surface area contributed by atoms with Crippen LogP contribution >= 0.6 is 0 Å². The molecule has 2 N–H and O–H groups in total. The van der Waals surface area contributed by atoms with Crippen molar-refractivity contribution < 1.29 is 15.0 Å². The van der Waals surface area contributed by atoms with Crippen molar-refractivity contribution in [2.75, 3.05) is 0 Å². The number of benzene rings is 1. The van der Waals surface area contributed by atoms with Crippen LogP contribution < -0.4 is 0 Å². The predicted octanol–water partition coefficient (Wildman–Crippen LogP) is 3.11. The Hall–Kier alpha value is -1.61. The number of rotatable bonds is 4. The van der Waals surface area contributed by atoms with Crippen LogP contribution in [0.4, 0.5) is 0 Å². The molecule has 2 rings (SSSR count). The van der Waals surface area contributed by atoms with Crippen molar-refractivity contribution in [1.29, 1.82) is 0 Å². The minimum atomic E-state index is -1.33. The van der Waals surface area contributed by atoms with E-state index in [1.807, 2.05) is 12.1 Å². The van der Waals surface area contributed by atoms with Crippen LogP contribution in [0.5, 0.6) is 0 Å². The Balaban J connectivity index is 2.38. The summed E-state index contributed by atoms with van der Waals surface area (Å²) in [6.45, 7) is 1.62. The number of carboxylic acid groups (broad SMARTS) is 1. The molecule has 0 bridgehead atoms. The molecule has 0 fully saturated rings. The Bertz CT molecular complexity index is 474. The number of aliphatic carboxylic acids is 1. The summed E-state index contributed by atoms with van der Waals surface area (Å²) in [5.41, 5.74) is 0.176. The van der Waals surface area contributed by atoms with Crippen molar-refractivity contribution in [3.8, 4) is 0 Å². The molecule has 1 aliphatic carbocycles. The Morgan fingerprint density at radius 2 is 1.95 bits per heavy atom. The molecule has 19 heavy (non-hydrogen) atoms. The van der Waals surface area contributed by atoms with Gasteiger partial charge in [-0.25, -0.2) is 0 Å². The van der Waals surface area contributed by atoms with E-state index in [0.29, 0.717) is 5.56 Å². The lowest BCUT2D eigenvalue weighted by molar-refractivity contribution is -0.143. The zero-order chi connectivity index (χ0) is 13.9. The summed E-state index contributed by atoms with van der Waals surface area (Å²) in [4.78, 5) is 11.6. The van der Waals surface area contributed by atoms with Gasteiger partial charge in [-0.1, -0.05) is 36.4 Å². The van der Waals surface area contributed by atoms with Crippen LogP contribution in [0.3, 0.4) is 0 Å². The number of carbonyl (C=O) groups is 1.